The molecule has 0 bridgehead atoms. The van der Waals surface area contributed by atoms with E-state index in [9.17, 15) is 9.59 Å². The Hall–Kier alpha value is -4.11. The van der Waals surface area contributed by atoms with Crippen molar-refractivity contribution >= 4 is 40.5 Å². The highest BCUT2D eigenvalue weighted by Gasteiger charge is 2.11. The first-order valence-corrected chi connectivity index (χ1v) is 9.85. The summed E-state index contributed by atoms with van der Waals surface area (Å²) in [6.07, 6.45) is 5.49. The first kappa shape index (κ1) is 18.9. The van der Waals surface area contributed by atoms with E-state index in [2.05, 4.69) is 20.3 Å². The van der Waals surface area contributed by atoms with Gasteiger partial charge in [0.2, 0.25) is 5.78 Å². The molecule has 0 saturated carbocycles. The molecule has 0 aliphatic carbocycles. The van der Waals surface area contributed by atoms with E-state index < -0.39 is 0 Å². The number of aromatic amines is 1. The average Bonchev–Trinajstić information content (AvgIpc) is 3.22. The van der Waals surface area contributed by atoms with E-state index in [1.54, 1.807) is 31.4 Å². The smallest absolute Gasteiger partial charge is 0.261 e. The third-order valence-corrected chi connectivity index (χ3v) is 5.41. The number of carbonyl (C=O) groups excluding carboxylic acids is 1. The maximum Gasteiger partial charge on any atom is 0.261 e. The number of aromatic nitrogens is 5. The molecule has 3 heterocycles. The van der Waals surface area contributed by atoms with Gasteiger partial charge in [0.1, 0.15) is 0 Å². The van der Waals surface area contributed by atoms with E-state index in [-0.39, 0.29) is 11.5 Å². The molecule has 5 aromatic rings. The number of H-pyrrole nitrogens is 1. The van der Waals surface area contributed by atoms with Gasteiger partial charge < -0.3 is 10.3 Å². The minimum atomic E-state index is -0.286. The van der Waals surface area contributed by atoms with Crippen LogP contribution in [0, 0.1) is 4.77 Å². The van der Waals surface area contributed by atoms with Gasteiger partial charge in [-0.2, -0.15) is 0 Å². The number of hydrogen-bond acceptors (Lipinski definition) is 5. The van der Waals surface area contributed by atoms with Gasteiger partial charge in [0.15, 0.2) is 4.77 Å². The molecule has 9 heteroatoms. The van der Waals surface area contributed by atoms with Gasteiger partial charge in [0.05, 0.1) is 16.6 Å². The summed E-state index contributed by atoms with van der Waals surface area (Å²) in [5.74, 6) is 0.339. The van der Waals surface area contributed by atoms with E-state index in [4.69, 9.17) is 12.2 Å². The Morgan fingerprint density at radius 2 is 1.97 bits per heavy atom. The monoisotopic (exact) mass is 428 g/mol. The molecule has 3 aromatic heterocycles. The molecule has 0 atom stereocenters. The van der Waals surface area contributed by atoms with Crippen LogP contribution in [0.5, 0.6) is 0 Å². The summed E-state index contributed by atoms with van der Waals surface area (Å²) in [6.45, 7) is 0. The third kappa shape index (κ3) is 3.40. The number of rotatable bonds is 3. The van der Waals surface area contributed by atoms with Crippen LogP contribution < -0.4 is 10.9 Å². The predicted molar refractivity (Wildman–Crippen MR) is 121 cm³/mol. The topological polar surface area (TPSA) is 97.1 Å². The van der Waals surface area contributed by atoms with Crippen molar-refractivity contribution < 1.29 is 4.79 Å². The number of imidazole rings is 1. The Labute approximate surface area is 180 Å². The van der Waals surface area contributed by atoms with Crippen molar-refractivity contribution in [2.75, 3.05) is 5.32 Å². The maximum atomic E-state index is 12.7. The second-order valence-corrected chi connectivity index (χ2v) is 7.43. The summed E-state index contributed by atoms with van der Waals surface area (Å²) in [5, 5.41) is 3.34. The summed E-state index contributed by atoms with van der Waals surface area (Å²) >= 11 is 5.15. The van der Waals surface area contributed by atoms with Gasteiger partial charge >= 0.3 is 0 Å². The number of nitrogens with zero attached hydrogens (tertiary/aromatic N) is 4. The number of hydrogen-bond donors (Lipinski definition) is 2. The molecule has 0 radical (unpaired) electrons. The molecular formula is C22H16N6O2S. The first-order valence-electron chi connectivity index (χ1n) is 9.44. The molecule has 0 spiro atoms. The second-order valence-electron chi connectivity index (χ2n) is 7.04. The Morgan fingerprint density at radius 1 is 1.16 bits per heavy atom. The largest absolute Gasteiger partial charge is 0.332 e. The highest BCUT2D eigenvalue weighted by molar-refractivity contribution is 7.71. The fraction of sp³-hybridized carbons (Fsp3) is 0.0455. The molecule has 1 amide bonds. The molecule has 0 aliphatic heterocycles. The molecule has 0 unspecified atom stereocenters. The maximum absolute atomic E-state index is 12.7. The highest BCUT2D eigenvalue weighted by Crippen LogP contribution is 2.21. The van der Waals surface area contributed by atoms with Crippen LogP contribution in [0.2, 0.25) is 0 Å². The minimum Gasteiger partial charge on any atom is -0.332 e. The van der Waals surface area contributed by atoms with Gasteiger partial charge in [0.25, 0.3) is 11.5 Å². The molecule has 8 nitrogen and oxygen atoms in total. The van der Waals surface area contributed by atoms with Gasteiger partial charge in [-0.05, 0) is 48.6 Å². The molecular weight excluding hydrogens is 412 g/mol. The zero-order valence-electron chi connectivity index (χ0n) is 16.4. The number of fused-ring (bicyclic) bond motifs is 2. The van der Waals surface area contributed by atoms with Crippen LogP contribution in [0.4, 0.5) is 5.69 Å². The lowest BCUT2D eigenvalue weighted by molar-refractivity contribution is 0.102. The fourth-order valence-electron chi connectivity index (χ4n) is 3.34. The Morgan fingerprint density at radius 3 is 2.74 bits per heavy atom. The molecule has 2 aromatic carbocycles. The standard InChI is InChI=1S/C22H16N6O2S/c1-27-20(30)16-8-5-14(11-17(16)26-22(27)31)19(29)24-15-6-3-13(4-7-15)18-12-28-10-2-9-23-21(28)25-18/h2-12H,1H3,(H,24,29)(H,26,31). The lowest BCUT2D eigenvalue weighted by Crippen LogP contribution is -2.19. The Balaban J connectivity index is 1.39. The molecule has 2 N–H and O–H groups in total. The van der Waals surface area contributed by atoms with Crippen LogP contribution in [0.25, 0.3) is 27.9 Å². The van der Waals surface area contributed by atoms with Crippen molar-refractivity contribution in [3.63, 3.8) is 0 Å². The van der Waals surface area contributed by atoms with Crippen molar-refractivity contribution in [3.8, 4) is 11.3 Å². The van der Waals surface area contributed by atoms with Crippen LogP contribution in [0.1, 0.15) is 10.4 Å². The normalized spacial score (nSPS) is 11.1. The SMILES string of the molecule is Cn1c(=S)[nH]c2cc(C(=O)Nc3ccc(-c4cn5cccnc5n4)cc3)ccc2c1=O. The van der Waals surface area contributed by atoms with Crippen molar-refractivity contribution in [3.05, 3.63) is 87.8 Å². The zero-order valence-corrected chi connectivity index (χ0v) is 17.2. The lowest BCUT2D eigenvalue weighted by atomic mass is 10.1. The van der Waals surface area contributed by atoms with E-state index in [1.807, 2.05) is 47.1 Å². The zero-order chi connectivity index (χ0) is 21.5. The summed E-state index contributed by atoms with van der Waals surface area (Å²) < 4.78 is 3.51. The van der Waals surface area contributed by atoms with E-state index in [0.29, 0.717) is 32.7 Å². The Bertz CT molecular complexity index is 1550. The summed E-state index contributed by atoms with van der Waals surface area (Å²) in [4.78, 5) is 36.7. The number of nitrogens with one attached hydrogen (secondary N) is 2. The van der Waals surface area contributed by atoms with Gasteiger partial charge in [0, 0.05) is 42.5 Å². The van der Waals surface area contributed by atoms with Crippen molar-refractivity contribution in [2.24, 2.45) is 7.05 Å². The quantitative estimate of drug-likeness (QED) is 0.428. The van der Waals surface area contributed by atoms with Crippen molar-refractivity contribution in [1.29, 1.82) is 0 Å². The van der Waals surface area contributed by atoms with E-state index >= 15 is 0 Å². The highest BCUT2D eigenvalue weighted by atomic mass is 32.1. The lowest BCUT2D eigenvalue weighted by Gasteiger charge is -2.08. The Kier molecular flexibility index (Phi) is 4.45. The number of benzene rings is 2. The number of anilines is 1. The summed E-state index contributed by atoms with van der Waals surface area (Å²) in [6, 6.07) is 14.1. The van der Waals surface area contributed by atoms with Gasteiger partial charge in [-0.15, -0.1) is 0 Å². The van der Waals surface area contributed by atoms with Gasteiger partial charge in [-0.3, -0.25) is 18.6 Å². The predicted octanol–water partition coefficient (Wildman–Crippen LogP) is 3.56. The fourth-order valence-corrected chi connectivity index (χ4v) is 3.54. The first-order chi connectivity index (χ1) is 15.0. The van der Waals surface area contributed by atoms with Crippen LogP contribution in [-0.2, 0) is 7.05 Å². The van der Waals surface area contributed by atoms with E-state index in [0.717, 1.165) is 11.3 Å². The molecule has 0 saturated heterocycles. The molecule has 0 fully saturated rings. The summed E-state index contributed by atoms with van der Waals surface area (Å²) in [7, 11) is 1.60. The van der Waals surface area contributed by atoms with Crippen LogP contribution in [-0.4, -0.2) is 29.8 Å². The second kappa shape index (κ2) is 7.29. The minimum absolute atomic E-state index is 0.205. The summed E-state index contributed by atoms with van der Waals surface area (Å²) in [5.41, 5.74) is 3.09. The van der Waals surface area contributed by atoms with Gasteiger partial charge in [-0.1, -0.05) is 12.1 Å². The van der Waals surface area contributed by atoms with Crippen LogP contribution in [0.15, 0.2) is 71.9 Å². The average molecular weight is 428 g/mol. The third-order valence-electron chi connectivity index (χ3n) is 5.04. The number of amides is 1. The molecule has 5 rings (SSSR count). The van der Waals surface area contributed by atoms with Crippen LogP contribution >= 0.6 is 12.2 Å². The van der Waals surface area contributed by atoms with Crippen molar-refractivity contribution in [1.82, 2.24) is 23.9 Å². The molecule has 152 valence electrons. The van der Waals surface area contributed by atoms with Gasteiger partial charge in [-0.25, -0.2) is 9.97 Å². The van der Waals surface area contributed by atoms with Crippen LogP contribution in [0.3, 0.4) is 0 Å². The molecule has 31 heavy (non-hydrogen) atoms. The van der Waals surface area contributed by atoms with Crippen molar-refractivity contribution in [2.45, 2.75) is 0 Å². The molecule has 0 aliphatic rings. The van der Waals surface area contributed by atoms with E-state index in [1.165, 1.54) is 4.57 Å². The number of carbonyl (C=O) groups is 1.